The number of fused-ring (bicyclic) bond motifs is 1. The van der Waals surface area contributed by atoms with Gasteiger partial charge in [-0.15, -0.1) is 5.10 Å². The molecule has 29 heavy (non-hydrogen) atoms. The highest BCUT2D eigenvalue weighted by Crippen LogP contribution is 2.36. The van der Waals surface area contributed by atoms with Gasteiger partial charge in [-0.3, -0.25) is 4.79 Å². The smallest absolute Gasteiger partial charge is 0.350 e. The molecule has 1 N–H and O–H groups in total. The number of aryl methyl sites for hydroxylation is 1. The molecule has 0 saturated heterocycles. The van der Waals surface area contributed by atoms with Crippen LogP contribution in [0.1, 0.15) is 37.0 Å². The van der Waals surface area contributed by atoms with Crippen molar-refractivity contribution in [3.8, 4) is 11.3 Å². The Bertz CT molecular complexity index is 1070. The lowest BCUT2D eigenvalue weighted by atomic mass is 10.0. The topological polar surface area (TPSA) is 59.3 Å². The molecule has 154 valence electrons. The Morgan fingerprint density at radius 1 is 1.24 bits per heavy atom. The molecular formula is C20H21F3N4OS. The van der Waals surface area contributed by atoms with Gasteiger partial charge in [0, 0.05) is 17.7 Å². The first-order valence-electron chi connectivity index (χ1n) is 9.09. The summed E-state index contributed by atoms with van der Waals surface area (Å²) in [5.74, 6) is -0.0763. The first-order chi connectivity index (χ1) is 13.6. The summed E-state index contributed by atoms with van der Waals surface area (Å²) in [6, 6.07) is 7.39. The molecular weight excluding hydrogens is 401 g/mol. The third kappa shape index (κ3) is 4.50. The average molecular weight is 422 g/mol. The van der Waals surface area contributed by atoms with Crippen LogP contribution < -0.4 is 5.32 Å². The number of nitrogens with one attached hydrogen (secondary N) is 1. The number of aromatic nitrogens is 3. The highest BCUT2D eigenvalue weighted by molar-refractivity contribution is 7.16. The second kappa shape index (κ2) is 7.98. The van der Waals surface area contributed by atoms with Crippen LogP contribution in [-0.2, 0) is 11.0 Å². The van der Waals surface area contributed by atoms with E-state index in [1.807, 2.05) is 52.0 Å². The van der Waals surface area contributed by atoms with Crippen molar-refractivity contribution < 1.29 is 18.0 Å². The van der Waals surface area contributed by atoms with Gasteiger partial charge in [0.1, 0.15) is 0 Å². The Morgan fingerprint density at radius 3 is 2.55 bits per heavy atom. The third-order valence-electron chi connectivity index (χ3n) is 4.64. The molecule has 0 bridgehead atoms. The lowest BCUT2D eigenvalue weighted by Gasteiger charge is -2.15. The van der Waals surface area contributed by atoms with E-state index in [0.717, 1.165) is 15.6 Å². The molecule has 0 spiro atoms. The van der Waals surface area contributed by atoms with Crippen molar-refractivity contribution in [3.05, 3.63) is 46.6 Å². The van der Waals surface area contributed by atoms with Crippen molar-refractivity contribution in [2.24, 2.45) is 5.92 Å². The first-order valence-corrected chi connectivity index (χ1v) is 9.91. The van der Waals surface area contributed by atoms with E-state index in [2.05, 4.69) is 15.4 Å². The maximum absolute atomic E-state index is 13.1. The quantitative estimate of drug-likeness (QED) is 0.592. The molecule has 0 saturated carbocycles. The maximum atomic E-state index is 13.1. The number of carbonyl (C=O) groups is 1. The SMILES string of the molecule is Cc1ccccc1-c1nc2sc(C(F)(F)F)nn2c1C=CC(=O)NC(C)C(C)C. The number of hydrogen-bond acceptors (Lipinski definition) is 4. The van der Waals surface area contributed by atoms with E-state index in [0.29, 0.717) is 22.7 Å². The summed E-state index contributed by atoms with van der Waals surface area (Å²) in [7, 11) is 0. The average Bonchev–Trinajstić information content (AvgIpc) is 3.18. The molecule has 1 aromatic carbocycles. The van der Waals surface area contributed by atoms with Crippen LogP contribution in [0.15, 0.2) is 30.3 Å². The Kier molecular flexibility index (Phi) is 5.79. The minimum atomic E-state index is -4.56. The highest BCUT2D eigenvalue weighted by Gasteiger charge is 2.36. The van der Waals surface area contributed by atoms with Crippen molar-refractivity contribution in [2.45, 2.75) is 39.9 Å². The fourth-order valence-corrected chi connectivity index (χ4v) is 3.43. The summed E-state index contributed by atoms with van der Waals surface area (Å²) >= 11 is 0.470. The van der Waals surface area contributed by atoms with Gasteiger partial charge in [0.2, 0.25) is 15.9 Å². The van der Waals surface area contributed by atoms with Gasteiger partial charge >= 0.3 is 6.18 Å². The first kappa shape index (κ1) is 21.0. The molecule has 0 radical (unpaired) electrons. The van der Waals surface area contributed by atoms with Crippen molar-refractivity contribution in [1.29, 1.82) is 0 Å². The maximum Gasteiger partial charge on any atom is 0.445 e. The molecule has 0 aliphatic heterocycles. The monoisotopic (exact) mass is 422 g/mol. The van der Waals surface area contributed by atoms with E-state index >= 15 is 0 Å². The number of benzene rings is 1. The number of alkyl halides is 3. The van der Waals surface area contributed by atoms with Crippen LogP contribution in [0, 0.1) is 12.8 Å². The summed E-state index contributed by atoms with van der Waals surface area (Å²) < 4.78 is 40.4. The van der Waals surface area contributed by atoms with Gasteiger partial charge in [0.15, 0.2) is 0 Å². The molecule has 3 aromatic rings. The van der Waals surface area contributed by atoms with Gasteiger partial charge in [-0.2, -0.15) is 13.2 Å². The van der Waals surface area contributed by atoms with E-state index in [9.17, 15) is 18.0 Å². The molecule has 1 atom stereocenters. The van der Waals surface area contributed by atoms with Crippen LogP contribution in [-0.4, -0.2) is 26.5 Å². The van der Waals surface area contributed by atoms with E-state index < -0.39 is 11.2 Å². The largest absolute Gasteiger partial charge is 0.445 e. The molecule has 0 aliphatic carbocycles. The Labute approximate surface area is 170 Å². The number of imidazole rings is 1. The van der Waals surface area contributed by atoms with E-state index in [1.165, 1.54) is 12.2 Å². The van der Waals surface area contributed by atoms with Crippen molar-refractivity contribution in [2.75, 3.05) is 0 Å². The normalized spacial score (nSPS) is 13.5. The minimum absolute atomic E-state index is 0.0375. The van der Waals surface area contributed by atoms with Crippen LogP contribution in [0.2, 0.25) is 0 Å². The number of halogens is 3. The molecule has 2 heterocycles. The van der Waals surface area contributed by atoms with Crippen molar-refractivity contribution in [1.82, 2.24) is 19.9 Å². The van der Waals surface area contributed by atoms with E-state index in [-0.39, 0.29) is 22.8 Å². The molecule has 3 rings (SSSR count). The number of hydrogen-bond donors (Lipinski definition) is 1. The third-order valence-corrected chi connectivity index (χ3v) is 5.60. The Balaban J connectivity index is 2.07. The van der Waals surface area contributed by atoms with Gasteiger partial charge in [-0.25, -0.2) is 9.50 Å². The number of carbonyl (C=O) groups excluding carboxylic acids is 1. The second-order valence-electron chi connectivity index (χ2n) is 7.13. The molecule has 5 nitrogen and oxygen atoms in total. The standard InChI is InChI=1S/C20H21F3N4OS/c1-11(2)13(4)24-16(28)10-9-15-17(14-8-6-5-7-12(14)3)25-19-27(15)26-18(29-19)20(21,22)23/h5-11,13H,1-4H3,(H,24,28). The summed E-state index contributed by atoms with van der Waals surface area (Å²) in [5.41, 5.74) is 2.50. The minimum Gasteiger partial charge on any atom is -0.350 e. The van der Waals surface area contributed by atoms with Gasteiger partial charge in [0.05, 0.1) is 11.4 Å². The number of amides is 1. The Hall–Kier alpha value is -2.68. The van der Waals surface area contributed by atoms with Crippen LogP contribution in [0.5, 0.6) is 0 Å². The predicted molar refractivity (Wildman–Crippen MR) is 108 cm³/mol. The van der Waals surface area contributed by atoms with Crippen molar-refractivity contribution in [3.63, 3.8) is 0 Å². The zero-order chi connectivity index (χ0) is 21.3. The zero-order valence-electron chi connectivity index (χ0n) is 16.4. The summed E-state index contributed by atoms with van der Waals surface area (Å²) in [5, 5.41) is 5.55. The zero-order valence-corrected chi connectivity index (χ0v) is 17.2. The summed E-state index contributed by atoms with van der Waals surface area (Å²) in [6.45, 7) is 7.75. The molecule has 2 aromatic heterocycles. The number of rotatable bonds is 5. The predicted octanol–water partition coefficient (Wildman–Crippen LogP) is 4.96. The van der Waals surface area contributed by atoms with Gasteiger partial charge in [-0.1, -0.05) is 49.4 Å². The number of nitrogens with zero attached hydrogens (tertiary/aromatic N) is 3. The molecule has 1 amide bonds. The fourth-order valence-electron chi connectivity index (χ4n) is 2.66. The van der Waals surface area contributed by atoms with Crippen LogP contribution in [0.3, 0.4) is 0 Å². The molecule has 1 unspecified atom stereocenters. The second-order valence-corrected chi connectivity index (χ2v) is 8.09. The van der Waals surface area contributed by atoms with E-state index in [4.69, 9.17) is 0 Å². The lowest BCUT2D eigenvalue weighted by molar-refractivity contribution is -0.138. The van der Waals surface area contributed by atoms with Crippen molar-refractivity contribution >= 4 is 28.3 Å². The summed E-state index contributed by atoms with van der Waals surface area (Å²) in [4.78, 5) is 16.7. The summed E-state index contributed by atoms with van der Waals surface area (Å²) in [6.07, 6.45) is -1.79. The molecule has 0 aliphatic rings. The van der Waals surface area contributed by atoms with Crippen LogP contribution >= 0.6 is 11.3 Å². The van der Waals surface area contributed by atoms with Gasteiger partial charge in [0.25, 0.3) is 0 Å². The van der Waals surface area contributed by atoms with Crippen LogP contribution in [0.4, 0.5) is 13.2 Å². The molecule has 0 fully saturated rings. The highest BCUT2D eigenvalue weighted by atomic mass is 32.1. The van der Waals surface area contributed by atoms with Gasteiger partial charge < -0.3 is 5.32 Å². The fraction of sp³-hybridized carbons (Fsp3) is 0.350. The van der Waals surface area contributed by atoms with Gasteiger partial charge in [-0.05, 0) is 31.4 Å². The Morgan fingerprint density at radius 2 is 1.93 bits per heavy atom. The molecule has 9 heteroatoms. The van der Waals surface area contributed by atoms with E-state index in [1.54, 1.807) is 0 Å². The van der Waals surface area contributed by atoms with Crippen LogP contribution in [0.25, 0.3) is 22.3 Å². The lowest BCUT2D eigenvalue weighted by Crippen LogP contribution is -2.34.